The quantitative estimate of drug-likeness (QED) is 0.886. The van der Waals surface area contributed by atoms with Gasteiger partial charge in [-0.3, -0.25) is 4.79 Å². The molecule has 0 radical (unpaired) electrons. The van der Waals surface area contributed by atoms with E-state index in [1.54, 1.807) is 0 Å². The highest BCUT2D eigenvalue weighted by Gasteiger charge is 2.30. The smallest absolute Gasteiger partial charge is 0.225 e. The Labute approximate surface area is 121 Å². The highest BCUT2D eigenvalue weighted by atomic mass is 16.2. The minimum Gasteiger partial charge on any atom is -0.378 e. The van der Waals surface area contributed by atoms with E-state index in [1.165, 1.54) is 11.3 Å². The molecule has 4 nitrogen and oxygen atoms in total. The summed E-state index contributed by atoms with van der Waals surface area (Å²) in [5, 5.41) is 3.23. The van der Waals surface area contributed by atoms with Crippen molar-refractivity contribution in [2.45, 2.75) is 13.5 Å². The van der Waals surface area contributed by atoms with E-state index in [1.807, 2.05) is 33.0 Å². The maximum atomic E-state index is 12.3. The summed E-state index contributed by atoms with van der Waals surface area (Å²) in [6.45, 7) is 4.66. The largest absolute Gasteiger partial charge is 0.378 e. The van der Waals surface area contributed by atoms with Crippen molar-refractivity contribution in [2.75, 3.05) is 39.1 Å². The predicted molar refractivity (Wildman–Crippen MR) is 82.8 cm³/mol. The number of carbonyl (C=O) groups is 1. The van der Waals surface area contributed by atoms with Crippen LogP contribution in [0.25, 0.3) is 0 Å². The Morgan fingerprint density at radius 2 is 1.85 bits per heavy atom. The molecule has 0 spiro atoms. The van der Waals surface area contributed by atoms with E-state index in [9.17, 15) is 4.79 Å². The number of hydrogen-bond acceptors (Lipinski definition) is 3. The van der Waals surface area contributed by atoms with Crippen LogP contribution < -0.4 is 10.2 Å². The molecule has 1 saturated heterocycles. The van der Waals surface area contributed by atoms with Gasteiger partial charge in [-0.15, -0.1) is 0 Å². The fourth-order valence-corrected chi connectivity index (χ4v) is 2.47. The first-order chi connectivity index (χ1) is 9.49. The Kier molecular flexibility index (Phi) is 4.65. The summed E-state index contributed by atoms with van der Waals surface area (Å²) in [4.78, 5) is 16.3. The maximum absolute atomic E-state index is 12.3. The normalized spacial score (nSPS) is 16.4. The zero-order valence-electron chi connectivity index (χ0n) is 12.9. The Bertz CT molecular complexity index is 451. The average molecular weight is 275 g/mol. The van der Waals surface area contributed by atoms with Gasteiger partial charge in [0.05, 0.1) is 0 Å². The van der Waals surface area contributed by atoms with Crippen LogP contribution in [0.2, 0.25) is 0 Å². The molecule has 1 aliphatic rings. The van der Waals surface area contributed by atoms with Crippen LogP contribution >= 0.6 is 0 Å². The molecule has 1 amide bonds. The number of carbonyl (C=O) groups excluding carboxylic acids is 1. The van der Waals surface area contributed by atoms with Crippen molar-refractivity contribution in [2.24, 2.45) is 11.8 Å². The SMILES string of the molecule is CC(C(=O)N(C)Cc1ccc(N(C)C)cc1)C1CNC1. The van der Waals surface area contributed by atoms with Crippen LogP contribution in [0.5, 0.6) is 0 Å². The summed E-state index contributed by atoms with van der Waals surface area (Å²) in [7, 11) is 5.95. The fourth-order valence-electron chi connectivity index (χ4n) is 2.47. The maximum Gasteiger partial charge on any atom is 0.225 e. The second-order valence-corrected chi connectivity index (χ2v) is 5.96. The molecule has 1 aliphatic heterocycles. The summed E-state index contributed by atoms with van der Waals surface area (Å²) in [5.41, 5.74) is 2.35. The van der Waals surface area contributed by atoms with E-state index in [2.05, 4.69) is 34.5 Å². The van der Waals surface area contributed by atoms with Gasteiger partial charge in [0.15, 0.2) is 0 Å². The molecule has 1 unspecified atom stereocenters. The van der Waals surface area contributed by atoms with Crippen molar-refractivity contribution >= 4 is 11.6 Å². The first-order valence-corrected chi connectivity index (χ1v) is 7.21. The first-order valence-electron chi connectivity index (χ1n) is 7.21. The van der Waals surface area contributed by atoms with Crippen molar-refractivity contribution in [3.63, 3.8) is 0 Å². The summed E-state index contributed by atoms with van der Waals surface area (Å²) >= 11 is 0. The van der Waals surface area contributed by atoms with Gasteiger partial charge in [0.1, 0.15) is 0 Å². The van der Waals surface area contributed by atoms with Gasteiger partial charge in [-0.2, -0.15) is 0 Å². The number of rotatable bonds is 5. The number of hydrogen-bond donors (Lipinski definition) is 1. The fraction of sp³-hybridized carbons (Fsp3) is 0.562. The number of benzene rings is 1. The van der Waals surface area contributed by atoms with Crippen molar-refractivity contribution in [1.29, 1.82) is 0 Å². The number of nitrogens with one attached hydrogen (secondary N) is 1. The molecule has 2 rings (SSSR count). The highest BCUT2D eigenvalue weighted by Crippen LogP contribution is 2.19. The molecule has 1 aromatic rings. The molecular weight excluding hydrogens is 250 g/mol. The minimum absolute atomic E-state index is 0.113. The third kappa shape index (κ3) is 3.31. The molecule has 110 valence electrons. The lowest BCUT2D eigenvalue weighted by atomic mass is 9.88. The third-order valence-corrected chi connectivity index (χ3v) is 4.16. The topological polar surface area (TPSA) is 35.6 Å². The molecule has 1 aromatic carbocycles. The monoisotopic (exact) mass is 275 g/mol. The zero-order valence-corrected chi connectivity index (χ0v) is 12.9. The van der Waals surface area contributed by atoms with E-state index in [0.717, 1.165) is 13.1 Å². The molecule has 0 bridgehead atoms. The van der Waals surface area contributed by atoms with Crippen LogP contribution in [-0.2, 0) is 11.3 Å². The zero-order chi connectivity index (χ0) is 14.7. The Hall–Kier alpha value is -1.55. The molecule has 4 heteroatoms. The number of amides is 1. The lowest BCUT2D eigenvalue weighted by Crippen LogP contribution is -2.49. The summed E-state index contributed by atoms with van der Waals surface area (Å²) in [6, 6.07) is 8.36. The predicted octanol–water partition coefficient (Wildman–Crippen LogP) is 1.57. The minimum atomic E-state index is 0.113. The van der Waals surface area contributed by atoms with Gasteiger partial charge in [0, 0.05) is 39.3 Å². The molecule has 1 N–H and O–H groups in total. The second-order valence-electron chi connectivity index (χ2n) is 5.96. The standard InChI is InChI=1S/C16H25N3O/c1-12(14-9-17-10-14)16(20)19(4)11-13-5-7-15(8-6-13)18(2)3/h5-8,12,14,17H,9-11H2,1-4H3. The lowest BCUT2D eigenvalue weighted by Gasteiger charge is -2.34. The third-order valence-electron chi connectivity index (χ3n) is 4.16. The molecular formula is C16H25N3O. The Balaban J connectivity index is 1.92. The number of anilines is 1. The second kappa shape index (κ2) is 6.27. The van der Waals surface area contributed by atoms with Gasteiger partial charge in [0.25, 0.3) is 0 Å². The van der Waals surface area contributed by atoms with Crippen LogP contribution in [0.4, 0.5) is 5.69 Å². The van der Waals surface area contributed by atoms with Gasteiger partial charge in [0.2, 0.25) is 5.91 Å². The van der Waals surface area contributed by atoms with Crippen molar-refractivity contribution in [3.8, 4) is 0 Å². The Morgan fingerprint density at radius 3 is 2.30 bits per heavy atom. The van der Waals surface area contributed by atoms with Crippen LogP contribution in [0.15, 0.2) is 24.3 Å². The highest BCUT2D eigenvalue weighted by molar-refractivity contribution is 5.78. The summed E-state index contributed by atoms with van der Waals surface area (Å²) in [5.74, 6) is 0.858. The van der Waals surface area contributed by atoms with E-state index < -0.39 is 0 Å². The molecule has 0 aliphatic carbocycles. The average Bonchev–Trinajstić information content (AvgIpc) is 2.36. The van der Waals surface area contributed by atoms with Crippen LogP contribution in [0.3, 0.4) is 0 Å². The van der Waals surface area contributed by atoms with Crippen molar-refractivity contribution < 1.29 is 4.79 Å². The lowest BCUT2D eigenvalue weighted by molar-refractivity contribution is -0.136. The van der Waals surface area contributed by atoms with E-state index in [-0.39, 0.29) is 11.8 Å². The molecule has 0 saturated carbocycles. The number of nitrogens with zero attached hydrogens (tertiary/aromatic N) is 2. The van der Waals surface area contributed by atoms with Gasteiger partial charge >= 0.3 is 0 Å². The van der Waals surface area contributed by atoms with Crippen LogP contribution in [0.1, 0.15) is 12.5 Å². The van der Waals surface area contributed by atoms with Gasteiger partial charge in [-0.05, 0) is 36.7 Å². The molecule has 1 fully saturated rings. The van der Waals surface area contributed by atoms with E-state index >= 15 is 0 Å². The summed E-state index contributed by atoms with van der Waals surface area (Å²) < 4.78 is 0. The summed E-state index contributed by atoms with van der Waals surface area (Å²) in [6.07, 6.45) is 0. The van der Waals surface area contributed by atoms with Crippen LogP contribution in [0, 0.1) is 11.8 Å². The molecule has 0 aromatic heterocycles. The molecule has 1 atom stereocenters. The van der Waals surface area contributed by atoms with Gasteiger partial charge in [-0.25, -0.2) is 0 Å². The van der Waals surface area contributed by atoms with Crippen molar-refractivity contribution in [3.05, 3.63) is 29.8 Å². The van der Waals surface area contributed by atoms with E-state index in [0.29, 0.717) is 12.5 Å². The van der Waals surface area contributed by atoms with Gasteiger partial charge < -0.3 is 15.1 Å². The molecule has 20 heavy (non-hydrogen) atoms. The van der Waals surface area contributed by atoms with Gasteiger partial charge in [-0.1, -0.05) is 19.1 Å². The molecule has 1 heterocycles. The van der Waals surface area contributed by atoms with E-state index in [4.69, 9.17) is 0 Å². The van der Waals surface area contributed by atoms with Crippen LogP contribution in [-0.4, -0.2) is 45.0 Å². The van der Waals surface area contributed by atoms with Crippen molar-refractivity contribution in [1.82, 2.24) is 10.2 Å². The first kappa shape index (κ1) is 14.9. The Morgan fingerprint density at radius 1 is 1.25 bits per heavy atom.